The van der Waals surface area contributed by atoms with Gasteiger partial charge in [-0.05, 0) is 123 Å². The average molecular weight is 990 g/mol. The van der Waals surface area contributed by atoms with Gasteiger partial charge in [-0.3, -0.25) is 14.6 Å². The zero-order valence-electron chi connectivity index (χ0n) is 41.2. The summed E-state index contributed by atoms with van der Waals surface area (Å²) in [5.74, 6) is 7.00. The molecular weight excluding hydrogens is 920 g/mol. The summed E-state index contributed by atoms with van der Waals surface area (Å²) in [6, 6.07) is 26.1. The smallest absolute Gasteiger partial charge is 0.416 e. The minimum atomic E-state index is -4.51. The molecule has 0 saturated heterocycles. The van der Waals surface area contributed by atoms with Crippen LogP contribution in [0.4, 0.5) is 18.9 Å². The van der Waals surface area contributed by atoms with Crippen molar-refractivity contribution in [2.45, 2.75) is 69.8 Å². The molecule has 71 heavy (non-hydrogen) atoms. The molecule has 0 heterocycles. The number of unbranched alkanes of at least 4 members (excludes halogenated alkanes) is 1. The van der Waals surface area contributed by atoms with Gasteiger partial charge in [-0.2, -0.15) is 18.3 Å². The number of ether oxygens (including phenoxy) is 6. The summed E-state index contributed by atoms with van der Waals surface area (Å²) in [6.07, 6.45) is 1.66. The van der Waals surface area contributed by atoms with E-state index in [2.05, 4.69) is 32.7 Å². The van der Waals surface area contributed by atoms with Crippen molar-refractivity contribution in [2.24, 2.45) is 15.9 Å². The first kappa shape index (κ1) is 55.7. The number of nitrogens with two attached hydrogens (primary N) is 1. The largest absolute Gasteiger partial charge is 0.497 e. The maximum atomic E-state index is 14.0. The van der Waals surface area contributed by atoms with Crippen LogP contribution in [0.1, 0.15) is 66.8 Å². The minimum Gasteiger partial charge on any atom is -0.497 e. The standard InChI is InChI=1S/C53H70F3N7O8/c1-58-44-14-22-49(23-15-44)71-36-35-68-31-26-59-39-45(61-57)25-30-67-33-34-69-32-28-62(2)27-4-5-29-70-48-18-9-40(10-19-48)11-24-50(64)63(46-16-17-46)51(42-12-20-47(66-3)21-13-42)52(65)60-38-41-7-6-8-43(37-41)53(54,55)56/h6-10,12-15,18-23,37,39,46,51,58H,4-5,11,16-17,24-36,38,57H2,1-3H3,(H,60,65)/b59-39?,61-45-. The average Bonchev–Trinajstić information content (AvgIpc) is 4.23. The Hall–Kier alpha value is -6.21. The highest BCUT2D eigenvalue weighted by Crippen LogP contribution is 2.36. The molecule has 1 aliphatic rings. The van der Waals surface area contributed by atoms with Gasteiger partial charge < -0.3 is 54.7 Å². The molecule has 1 saturated carbocycles. The van der Waals surface area contributed by atoms with Crippen LogP contribution in [-0.4, -0.2) is 133 Å². The van der Waals surface area contributed by atoms with Crippen LogP contribution in [0.15, 0.2) is 107 Å². The number of anilines is 1. The second-order valence-corrected chi connectivity index (χ2v) is 17.0. The Labute approximate surface area is 415 Å². The number of likely N-dealkylation sites (N-methyl/N-ethyl adjacent to an activating group) is 1. The van der Waals surface area contributed by atoms with Crippen LogP contribution in [-0.2, 0) is 42.9 Å². The monoisotopic (exact) mass is 990 g/mol. The van der Waals surface area contributed by atoms with Gasteiger partial charge in [-0.25, -0.2) is 0 Å². The number of amides is 2. The highest BCUT2D eigenvalue weighted by molar-refractivity contribution is 6.30. The number of alkyl halides is 3. The lowest BCUT2D eigenvalue weighted by molar-refractivity contribution is -0.141. The van der Waals surface area contributed by atoms with E-state index >= 15 is 0 Å². The molecule has 1 fully saturated rings. The summed E-state index contributed by atoms with van der Waals surface area (Å²) in [5.41, 5.74) is 2.71. The lowest BCUT2D eigenvalue weighted by Gasteiger charge is -2.32. The number of methoxy groups -OCH3 is 1. The Morgan fingerprint density at radius 2 is 1.44 bits per heavy atom. The number of hydrazone groups is 1. The van der Waals surface area contributed by atoms with Gasteiger partial charge in [-0.15, -0.1) is 0 Å². The summed E-state index contributed by atoms with van der Waals surface area (Å²) in [7, 11) is 5.47. The molecule has 1 unspecified atom stereocenters. The van der Waals surface area contributed by atoms with Gasteiger partial charge in [0.05, 0.1) is 71.2 Å². The van der Waals surface area contributed by atoms with Crippen molar-refractivity contribution in [3.63, 3.8) is 0 Å². The van der Waals surface area contributed by atoms with Gasteiger partial charge in [0, 0.05) is 50.9 Å². The molecule has 4 aromatic rings. The van der Waals surface area contributed by atoms with Crippen molar-refractivity contribution in [1.82, 2.24) is 15.1 Å². The van der Waals surface area contributed by atoms with E-state index in [9.17, 15) is 22.8 Å². The number of carbonyl (C=O) groups excluding carboxylic acids is 2. The topological polar surface area (TPSA) is 171 Å². The van der Waals surface area contributed by atoms with E-state index in [0.29, 0.717) is 94.8 Å². The molecule has 386 valence electrons. The molecule has 18 heteroatoms. The molecule has 4 aromatic carbocycles. The second kappa shape index (κ2) is 30.5. The van der Waals surface area contributed by atoms with E-state index in [1.54, 1.807) is 35.4 Å². The van der Waals surface area contributed by atoms with Gasteiger partial charge in [0.25, 0.3) is 0 Å². The summed E-state index contributed by atoms with van der Waals surface area (Å²) in [6.45, 7) is 6.03. The van der Waals surface area contributed by atoms with E-state index in [4.69, 9.17) is 34.3 Å². The van der Waals surface area contributed by atoms with Crippen molar-refractivity contribution in [3.8, 4) is 17.2 Å². The van der Waals surface area contributed by atoms with Crippen molar-refractivity contribution >= 4 is 29.4 Å². The molecule has 0 radical (unpaired) electrons. The molecule has 0 aromatic heterocycles. The number of hydrogen-bond acceptors (Lipinski definition) is 13. The van der Waals surface area contributed by atoms with Crippen LogP contribution in [0.2, 0.25) is 0 Å². The first-order valence-corrected chi connectivity index (χ1v) is 24.2. The summed E-state index contributed by atoms with van der Waals surface area (Å²) in [5, 5.41) is 9.66. The normalized spacial score (nSPS) is 13.3. The van der Waals surface area contributed by atoms with Crippen molar-refractivity contribution in [1.29, 1.82) is 0 Å². The van der Waals surface area contributed by atoms with E-state index < -0.39 is 23.7 Å². The highest BCUT2D eigenvalue weighted by atomic mass is 19.4. The number of rotatable bonds is 34. The lowest BCUT2D eigenvalue weighted by Crippen LogP contribution is -2.45. The number of nitrogens with one attached hydrogen (secondary N) is 2. The molecule has 5 rings (SSSR count). The molecule has 2 amide bonds. The molecule has 0 spiro atoms. The van der Waals surface area contributed by atoms with Crippen molar-refractivity contribution in [2.75, 3.05) is 99.0 Å². The number of nitrogens with zero attached hydrogens (tertiary/aromatic N) is 4. The molecule has 1 aliphatic carbocycles. The van der Waals surface area contributed by atoms with Gasteiger partial charge in [-0.1, -0.05) is 36.4 Å². The maximum Gasteiger partial charge on any atom is 0.416 e. The SMILES string of the molecule is CNc1ccc(OCCOCCN=C/C(CCOCCOCCN(C)CCCCOc2ccc(CCC(=O)N(C3CC3)C(C(=O)NCc3cccc(C(F)(F)F)c3)c3ccc(OC)cc3)cc2)=N\N)cc1. The van der Waals surface area contributed by atoms with E-state index in [1.165, 1.54) is 19.2 Å². The van der Waals surface area contributed by atoms with Crippen LogP contribution < -0.4 is 30.7 Å². The van der Waals surface area contributed by atoms with Crippen LogP contribution in [0.5, 0.6) is 17.2 Å². The van der Waals surface area contributed by atoms with Crippen LogP contribution in [0.3, 0.4) is 0 Å². The Morgan fingerprint density at radius 3 is 2.11 bits per heavy atom. The Morgan fingerprint density at radius 1 is 0.775 bits per heavy atom. The van der Waals surface area contributed by atoms with E-state index in [1.807, 2.05) is 55.6 Å². The third kappa shape index (κ3) is 20.6. The predicted molar refractivity (Wildman–Crippen MR) is 269 cm³/mol. The van der Waals surface area contributed by atoms with E-state index in [0.717, 1.165) is 73.7 Å². The van der Waals surface area contributed by atoms with Crippen LogP contribution in [0, 0.1) is 0 Å². The molecular formula is C53H70F3N7O8. The Bertz CT molecular complexity index is 2230. The molecule has 0 bridgehead atoms. The van der Waals surface area contributed by atoms with Gasteiger partial charge >= 0.3 is 6.18 Å². The maximum absolute atomic E-state index is 14.0. The van der Waals surface area contributed by atoms with Crippen molar-refractivity contribution in [3.05, 3.63) is 119 Å². The van der Waals surface area contributed by atoms with Crippen LogP contribution in [0.25, 0.3) is 0 Å². The number of aliphatic imine (C=N–C) groups is 1. The summed E-state index contributed by atoms with van der Waals surface area (Å²) < 4.78 is 74.1. The van der Waals surface area contributed by atoms with Gasteiger partial charge in [0.15, 0.2) is 0 Å². The number of benzene rings is 4. The number of aryl methyl sites for hydroxylation is 1. The number of halogens is 3. The summed E-state index contributed by atoms with van der Waals surface area (Å²) in [4.78, 5) is 36.1. The van der Waals surface area contributed by atoms with Gasteiger partial charge in [0.2, 0.25) is 11.8 Å². The minimum absolute atomic E-state index is 0.123. The predicted octanol–water partition coefficient (Wildman–Crippen LogP) is 7.73. The fourth-order valence-corrected chi connectivity index (χ4v) is 7.40. The second-order valence-electron chi connectivity index (χ2n) is 17.0. The van der Waals surface area contributed by atoms with Gasteiger partial charge in [0.1, 0.15) is 29.9 Å². The third-order valence-corrected chi connectivity index (χ3v) is 11.6. The summed E-state index contributed by atoms with van der Waals surface area (Å²) >= 11 is 0. The van der Waals surface area contributed by atoms with E-state index in [-0.39, 0.29) is 24.9 Å². The zero-order valence-corrected chi connectivity index (χ0v) is 41.2. The number of hydrogen-bond donors (Lipinski definition) is 3. The highest BCUT2D eigenvalue weighted by Gasteiger charge is 2.41. The molecule has 4 N–H and O–H groups in total. The quantitative estimate of drug-likeness (QED) is 0.0181. The molecule has 0 aliphatic heterocycles. The molecule has 1 atom stereocenters. The molecule has 15 nitrogen and oxygen atoms in total. The Balaban J connectivity index is 0.909. The fourth-order valence-electron chi connectivity index (χ4n) is 7.40. The van der Waals surface area contributed by atoms with Crippen molar-refractivity contribution < 1.29 is 51.2 Å². The lowest BCUT2D eigenvalue weighted by atomic mass is 10.0. The Kier molecular flexibility index (Phi) is 23.9. The first-order chi connectivity index (χ1) is 34.5. The fraction of sp³-hybridized carbons (Fsp3) is 0.472. The zero-order chi connectivity index (χ0) is 50.7. The first-order valence-electron chi connectivity index (χ1n) is 24.2. The third-order valence-electron chi connectivity index (χ3n) is 11.6. The van der Waals surface area contributed by atoms with Crippen LogP contribution >= 0.6 is 0 Å². The number of carbonyl (C=O) groups is 2.